The van der Waals surface area contributed by atoms with Crippen LogP contribution in [0.5, 0.6) is 0 Å². The lowest BCUT2D eigenvalue weighted by atomic mass is 9.95. The van der Waals surface area contributed by atoms with Crippen LogP contribution in [0, 0.1) is 0 Å². The van der Waals surface area contributed by atoms with Crippen LogP contribution in [0.4, 0.5) is 5.00 Å². The topological polar surface area (TPSA) is 74.2 Å². The highest BCUT2D eigenvalue weighted by Gasteiger charge is 2.25. The van der Waals surface area contributed by atoms with E-state index >= 15 is 0 Å². The summed E-state index contributed by atoms with van der Waals surface area (Å²) >= 11 is 1.66. The second-order valence-electron chi connectivity index (χ2n) is 5.01. The zero-order valence-corrected chi connectivity index (χ0v) is 12.6. The van der Waals surface area contributed by atoms with Crippen LogP contribution in [0.25, 0.3) is 11.5 Å². The molecular weight excluding hydrogens is 274 g/mol. The molecule has 1 aliphatic carbocycles. The quantitative estimate of drug-likeness (QED) is 0.935. The van der Waals surface area contributed by atoms with Gasteiger partial charge in [-0.05, 0) is 45.1 Å². The third-order valence-electron chi connectivity index (χ3n) is 3.63. The van der Waals surface area contributed by atoms with Crippen LogP contribution >= 0.6 is 11.3 Å². The van der Waals surface area contributed by atoms with Crippen molar-refractivity contribution >= 4 is 16.3 Å². The molecule has 108 valence electrons. The third-order valence-corrected chi connectivity index (χ3v) is 4.76. The molecular formula is C14H19N3O2S. The number of rotatable bonds is 4. The van der Waals surface area contributed by atoms with Crippen molar-refractivity contribution in [1.82, 2.24) is 10.1 Å². The van der Waals surface area contributed by atoms with Crippen molar-refractivity contribution in [1.29, 1.82) is 0 Å². The van der Waals surface area contributed by atoms with Crippen molar-refractivity contribution < 1.29 is 9.26 Å². The van der Waals surface area contributed by atoms with Crippen LogP contribution in [0.1, 0.15) is 49.1 Å². The van der Waals surface area contributed by atoms with E-state index in [0.717, 1.165) is 23.4 Å². The molecule has 0 bridgehead atoms. The molecule has 0 fully saturated rings. The summed E-state index contributed by atoms with van der Waals surface area (Å²) in [5.41, 5.74) is 8.41. The fourth-order valence-corrected chi connectivity index (χ4v) is 3.80. The van der Waals surface area contributed by atoms with Gasteiger partial charge in [0, 0.05) is 11.5 Å². The lowest BCUT2D eigenvalue weighted by Gasteiger charge is -2.10. The average molecular weight is 293 g/mol. The van der Waals surface area contributed by atoms with Crippen molar-refractivity contribution in [3.05, 3.63) is 16.3 Å². The van der Waals surface area contributed by atoms with Gasteiger partial charge in [0.1, 0.15) is 6.10 Å². The number of nitrogens with two attached hydrogens (primary N) is 1. The molecule has 1 atom stereocenters. The van der Waals surface area contributed by atoms with Gasteiger partial charge in [-0.3, -0.25) is 0 Å². The van der Waals surface area contributed by atoms with E-state index in [2.05, 4.69) is 10.1 Å². The van der Waals surface area contributed by atoms with Crippen LogP contribution in [0.15, 0.2) is 4.52 Å². The summed E-state index contributed by atoms with van der Waals surface area (Å²) in [6.07, 6.45) is 4.45. The van der Waals surface area contributed by atoms with Gasteiger partial charge in [0.05, 0.1) is 10.6 Å². The number of hydrogen-bond acceptors (Lipinski definition) is 6. The van der Waals surface area contributed by atoms with E-state index in [1.54, 1.807) is 11.3 Å². The number of aromatic nitrogens is 2. The normalized spacial score (nSPS) is 16.1. The molecule has 0 spiro atoms. The van der Waals surface area contributed by atoms with Crippen LogP contribution in [0.3, 0.4) is 0 Å². The number of fused-ring (bicyclic) bond motifs is 1. The van der Waals surface area contributed by atoms with Crippen LogP contribution < -0.4 is 5.73 Å². The van der Waals surface area contributed by atoms with Crippen LogP contribution in [-0.2, 0) is 17.6 Å². The van der Waals surface area contributed by atoms with Gasteiger partial charge in [-0.15, -0.1) is 11.3 Å². The van der Waals surface area contributed by atoms with E-state index in [0.29, 0.717) is 18.3 Å². The van der Waals surface area contributed by atoms with E-state index in [9.17, 15) is 0 Å². The van der Waals surface area contributed by atoms with Gasteiger partial charge in [0.25, 0.3) is 5.89 Å². The lowest BCUT2D eigenvalue weighted by molar-refractivity contribution is 0.0683. The maximum absolute atomic E-state index is 6.16. The highest BCUT2D eigenvalue weighted by molar-refractivity contribution is 7.16. The van der Waals surface area contributed by atoms with Gasteiger partial charge in [-0.2, -0.15) is 4.98 Å². The molecule has 2 N–H and O–H groups in total. The number of aryl methyl sites for hydroxylation is 1. The highest BCUT2D eigenvalue weighted by atomic mass is 32.1. The largest absolute Gasteiger partial charge is 0.390 e. The minimum Gasteiger partial charge on any atom is -0.390 e. The zero-order valence-electron chi connectivity index (χ0n) is 11.8. The molecule has 2 heterocycles. The maximum Gasteiger partial charge on any atom is 0.261 e. The Hall–Kier alpha value is -1.40. The summed E-state index contributed by atoms with van der Waals surface area (Å²) in [7, 11) is 0. The molecule has 20 heavy (non-hydrogen) atoms. The molecule has 0 saturated heterocycles. The summed E-state index contributed by atoms with van der Waals surface area (Å²) in [5, 5.41) is 4.81. The molecule has 0 saturated carbocycles. The molecule has 0 aromatic carbocycles. The fourth-order valence-electron chi connectivity index (χ4n) is 2.65. The summed E-state index contributed by atoms with van der Waals surface area (Å²) in [5.74, 6) is 1.11. The summed E-state index contributed by atoms with van der Waals surface area (Å²) < 4.78 is 10.9. The van der Waals surface area contributed by atoms with Crippen molar-refractivity contribution in [3.8, 4) is 11.5 Å². The number of ether oxygens (including phenoxy) is 1. The molecule has 1 aliphatic rings. The summed E-state index contributed by atoms with van der Waals surface area (Å²) in [6, 6.07) is 0. The minimum absolute atomic E-state index is 0.159. The van der Waals surface area contributed by atoms with E-state index in [1.807, 2.05) is 13.8 Å². The second kappa shape index (κ2) is 5.54. The Bertz CT molecular complexity index is 606. The zero-order chi connectivity index (χ0) is 14.1. The summed E-state index contributed by atoms with van der Waals surface area (Å²) in [6.45, 7) is 4.50. The molecule has 6 heteroatoms. The van der Waals surface area contributed by atoms with Crippen molar-refractivity contribution in [2.45, 2.75) is 45.6 Å². The SMILES string of the molecule is CCOC(C)c1noc(-c2c(N)sc3c2CCCC3)n1. The first-order valence-corrected chi connectivity index (χ1v) is 7.88. The molecule has 2 aromatic rings. The first-order chi connectivity index (χ1) is 9.70. The smallest absolute Gasteiger partial charge is 0.261 e. The van der Waals surface area contributed by atoms with E-state index in [1.165, 1.54) is 23.3 Å². The van der Waals surface area contributed by atoms with E-state index < -0.39 is 0 Å². The number of nitrogens with zero attached hydrogens (tertiary/aromatic N) is 2. The molecule has 5 nitrogen and oxygen atoms in total. The Kier molecular flexibility index (Phi) is 3.76. The van der Waals surface area contributed by atoms with Crippen molar-refractivity contribution in [2.24, 2.45) is 0 Å². The Balaban J connectivity index is 1.95. The first-order valence-electron chi connectivity index (χ1n) is 7.06. The predicted octanol–water partition coefficient (Wildman–Crippen LogP) is 3.36. The monoisotopic (exact) mass is 293 g/mol. The standard InChI is InChI=1S/C14H19N3O2S/c1-3-18-8(2)13-16-14(19-17-13)11-9-6-4-5-7-10(9)20-12(11)15/h8H,3-7,15H2,1-2H3. The predicted molar refractivity (Wildman–Crippen MR) is 78.7 cm³/mol. The molecule has 0 amide bonds. The van der Waals surface area contributed by atoms with Gasteiger partial charge in [-0.1, -0.05) is 5.16 Å². The summed E-state index contributed by atoms with van der Waals surface area (Å²) in [4.78, 5) is 5.84. The Morgan fingerprint density at radius 3 is 3.00 bits per heavy atom. The molecule has 0 aliphatic heterocycles. The van der Waals surface area contributed by atoms with Crippen LogP contribution in [0.2, 0.25) is 0 Å². The number of hydrogen-bond donors (Lipinski definition) is 1. The Labute approximate surface area is 122 Å². The van der Waals surface area contributed by atoms with Crippen molar-refractivity contribution in [3.63, 3.8) is 0 Å². The van der Waals surface area contributed by atoms with Gasteiger partial charge < -0.3 is 15.0 Å². The van der Waals surface area contributed by atoms with E-state index in [-0.39, 0.29) is 6.10 Å². The molecule has 1 unspecified atom stereocenters. The number of thiophene rings is 1. The molecule has 2 aromatic heterocycles. The van der Waals surface area contributed by atoms with Crippen molar-refractivity contribution in [2.75, 3.05) is 12.3 Å². The van der Waals surface area contributed by atoms with Gasteiger partial charge in [0.15, 0.2) is 0 Å². The number of anilines is 1. The van der Waals surface area contributed by atoms with Gasteiger partial charge in [-0.25, -0.2) is 0 Å². The average Bonchev–Trinajstić information content (AvgIpc) is 3.01. The first kappa shape index (κ1) is 13.6. The highest BCUT2D eigenvalue weighted by Crippen LogP contribution is 2.42. The number of nitrogen functional groups attached to an aromatic ring is 1. The third kappa shape index (κ3) is 2.33. The second-order valence-corrected chi connectivity index (χ2v) is 6.14. The maximum atomic E-state index is 6.16. The van der Waals surface area contributed by atoms with Crippen LogP contribution in [-0.4, -0.2) is 16.7 Å². The molecule has 3 rings (SSSR count). The van der Waals surface area contributed by atoms with E-state index in [4.69, 9.17) is 15.0 Å². The molecule has 0 radical (unpaired) electrons. The minimum atomic E-state index is -0.159. The Morgan fingerprint density at radius 1 is 1.40 bits per heavy atom. The lowest BCUT2D eigenvalue weighted by Crippen LogP contribution is -2.02. The van der Waals surface area contributed by atoms with Gasteiger partial charge >= 0.3 is 0 Å². The fraction of sp³-hybridized carbons (Fsp3) is 0.571. The van der Waals surface area contributed by atoms with Gasteiger partial charge in [0.2, 0.25) is 5.82 Å². The Morgan fingerprint density at radius 2 is 2.20 bits per heavy atom.